The van der Waals surface area contributed by atoms with Crippen molar-refractivity contribution in [2.24, 2.45) is 0 Å². The van der Waals surface area contributed by atoms with Gasteiger partial charge in [0.15, 0.2) is 6.61 Å². The second-order valence-electron chi connectivity index (χ2n) is 6.47. The summed E-state index contributed by atoms with van der Waals surface area (Å²) in [6.45, 7) is -0.298. The maximum atomic E-state index is 12.3. The van der Waals surface area contributed by atoms with E-state index in [1.807, 2.05) is 0 Å². The van der Waals surface area contributed by atoms with Crippen LogP contribution in [0.4, 0.5) is 11.4 Å². The molecule has 1 amide bonds. The molecule has 0 aromatic heterocycles. The molecule has 0 aliphatic rings. The Morgan fingerprint density at radius 3 is 2.50 bits per heavy atom. The van der Waals surface area contributed by atoms with Gasteiger partial charge in [0.2, 0.25) is 0 Å². The van der Waals surface area contributed by atoms with Gasteiger partial charge >= 0.3 is 0 Å². The van der Waals surface area contributed by atoms with E-state index in [9.17, 15) is 20.2 Å². The maximum absolute atomic E-state index is 12.3. The lowest BCUT2D eigenvalue weighted by molar-refractivity contribution is -0.384. The van der Waals surface area contributed by atoms with E-state index in [1.54, 1.807) is 42.5 Å². The average molecular weight is 468 g/mol. The number of carbonyl (C=O) groups excluding carboxylic acids is 1. The van der Waals surface area contributed by atoms with Crippen LogP contribution < -0.4 is 10.1 Å². The van der Waals surface area contributed by atoms with E-state index in [4.69, 9.17) is 27.9 Å². The number of anilines is 1. The zero-order valence-electron chi connectivity index (χ0n) is 16.4. The fourth-order valence-corrected chi connectivity index (χ4v) is 3.12. The van der Waals surface area contributed by atoms with E-state index in [2.05, 4.69) is 11.4 Å². The first-order valence-electron chi connectivity index (χ1n) is 9.20. The highest BCUT2D eigenvalue weighted by Crippen LogP contribution is 2.28. The first-order chi connectivity index (χ1) is 15.4. The van der Waals surface area contributed by atoms with Crippen molar-refractivity contribution in [1.82, 2.24) is 0 Å². The number of nitro benzene ring substituents is 1. The summed E-state index contributed by atoms with van der Waals surface area (Å²) in [5.74, 6) is -0.0859. The molecule has 0 saturated carbocycles. The first kappa shape index (κ1) is 22.8. The third-order valence-corrected chi connectivity index (χ3v) is 4.85. The molecule has 0 radical (unpaired) electrons. The summed E-state index contributed by atoms with van der Waals surface area (Å²) in [5, 5.41) is 23.9. The lowest BCUT2D eigenvalue weighted by atomic mass is 10.0. The second kappa shape index (κ2) is 10.4. The van der Waals surface area contributed by atoms with Crippen molar-refractivity contribution in [2.75, 3.05) is 11.9 Å². The molecule has 7 nitrogen and oxygen atoms in total. The minimum atomic E-state index is -0.518. The number of amides is 1. The van der Waals surface area contributed by atoms with Gasteiger partial charge in [0.25, 0.3) is 11.6 Å². The zero-order valence-corrected chi connectivity index (χ0v) is 17.9. The van der Waals surface area contributed by atoms with Crippen LogP contribution in [0.3, 0.4) is 0 Å². The number of rotatable bonds is 7. The number of halogens is 2. The monoisotopic (exact) mass is 467 g/mol. The summed E-state index contributed by atoms with van der Waals surface area (Å²) >= 11 is 12.1. The van der Waals surface area contributed by atoms with Gasteiger partial charge in [-0.15, -0.1) is 0 Å². The molecule has 3 aromatic carbocycles. The number of ether oxygens (including phenoxy) is 1. The Morgan fingerprint density at radius 2 is 1.84 bits per heavy atom. The van der Waals surface area contributed by atoms with Crippen LogP contribution in [0.1, 0.15) is 11.1 Å². The summed E-state index contributed by atoms with van der Waals surface area (Å²) < 4.78 is 5.64. The number of nitriles is 1. The number of nitrogens with one attached hydrogen (secondary N) is 1. The standard InChI is InChI=1S/C23H15Cl2N3O4/c24-18-7-10-22(32-14-23(29)27-21-4-2-1-3-20(21)25)16(12-18)11-17(13-26)15-5-8-19(9-6-15)28(30)31/h1-12H,14H2,(H,27,29)/b17-11-. The van der Waals surface area contributed by atoms with Crippen LogP contribution in [-0.2, 0) is 4.79 Å². The van der Waals surface area contributed by atoms with Crippen molar-refractivity contribution in [3.05, 3.63) is 98.0 Å². The highest BCUT2D eigenvalue weighted by atomic mass is 35.5. The minimum Gasteiger partial charge on any atom is -0.483 e. The fraction of sp³-hybridized carbons (Fsp3) is 0.0435. The van der Waals surface area contributed by atoms with Crippen LogP contribution in [0.5, 0.6) is 5.75 Å². The van der Waals surface area contributed by atoms with Crippen LogP contribution in [0.25, 0.3) is 11.6 Å². The van der Waals surface area contributed by atoms with Gasteiger partial charge in [0.05, 0.1) is 27.3 Å². The molecule has 0 saturated heterocycles. The first-order valence-corrected chi connectivity index (χ1v) is 9.96. The number of carbonyl (C=O) groups is 1. The van der Waals surface area contributed by atoms with E-state index in [0.717, 1.165) is 0 Å². The van der Waals surface area contributed by atoms with Gasteiger partial charge < -0.3 is 10.1 Å². The Bertz CT molecular complexity index is 1230. The molecule has 9 heteroatoms. The van der Waals surface area contributed by atoms with Crippen molar-refractivity contribution in [1.29, 1.82) is 5.26 Å². The van der Waals surface area contributed by atoms with Crippen molar-refractivity contribution in [3.8, 4) is 11.8 Å². The van der Waals surface area contributed by atoms with E-state index < -0.39 is 10.8 Å². The van der Waals surface area contributed by atoms with Crippen molar-refractivity contribution < 1.29 is 14.5 Å². The molecule has 160 valence electrons. The van der Waals surface area contributed by atoms with Gasteiger partial charge in [0.1, 0.15) is 5.75 Å². The highest BCUT2D eigenvalue weighted by Gasteiger charge is 2.11. The van der Waals surface area contributed by atoms with Gasteiger partial charge in [-0.1, -0.05) is 35.3 Å². The Hall–Kier alpha value is -3.86. The maximum Gasteiger partial charge on any atom is 0.269 e. The Balaban J connectivity index is 1.80. The number of hydrogen-bond donors (Lipinski definition) is 1. The van der Waals surface area contributed by atoms with E-state index in [0.29, 0.717) is 32.6 Å². The van der Waals surface area contributed by atoms with Gasteiger partial charge in [-0.3, -0.25) is 14.9 Å². The van der Waals surface area contributed by atoms with Crippen LogP contribution in [0, 0.1) is 21.4 Å². The number of benzene rings is 3. The summed E-state index contributed by atoms with van der Waals surface area (Å²) in [4.78, 5) is 22.6. The number of para-hydroxylation sites is 1. The normalized spacial score (nSPS) is 10.8. The lowest BCUT2D eigenvalue weighted by Gasteiger charge is -2.11. The van der Waals surface area contributed by atoms with Gasteiger partial charge in [0, 0.05) is 22.7 Å². The smallest absolute Gasteiger partial charge is 0.269 e. The minimum absolute atomic E-state index is 0.0812. The highest BCUT2D eigenvalue weighted by molar-refractivity contribution is 6.33. The Morgan fingerprint density at radius 1 is 1.12 bits per heavy atom. The lowest BCUT2D eigenvalue weighted by Crippen LogP contribution is -2.20. The molecule has 0 unspecified atom stereocenters. The molecule has 3 rings (SSSR count). The van der Waals surface area contributed by atoms with Crippen LogP contribution in [0.15, 0.2) is 66.7 Å². The molecule has 3 aromatic rings. The molecule has 0 atom stereocenters. The number of nitrogens with zero attached hydrogens (tertiary/aromatic N) is 2. The predicted octanol–water partition coefficient (Wildman–Crippen LogP) is 5.98. The van der Waals surface area contributed by atoms with Gasteiger partial charge in [-0.2, -0.15) is 5.26 Å². The molecule has 0 aliphatic carbocycles. The molecule has 0 heterocycles. The third-order valence-electron chi connectivity index (χ3n) is 4.29. The second-order valence-corrected chi connectivity index (χ2v) is 7.32. The molecule has 32 heavy (non-hydrogen) atoms. The summed E-state index contributed by atoms with van der Waals surface area (Å²) in [6, 6.07) is 19.2. The number of nitro groups is 1. The van der Waals surface area contributed by atoms with Crippen LogP contribution >= 0.6 is 23.2 Å². The van der Waals surface area contributed by atoms with Crippen LogP contribution in [0.2, 0.25) is 10.0 Å². The van der Waals surface area contributed by atoms with Crippen LogP contribution in [-0.4, -0.2) is 17.4 Å². The van der Waals surface area contributed by atoms with E-state index in [1.165, 1.54) is 30.3 Å². The molecule has 0 spiro atoms. The number of non-ortho nitro benzene ring substituents is 1. The zero-order chi connectivity index (χ0) is 23.1. The summed E-state index contributed by atoms with van der Waals surface area (Å²) in [6.07, 6.45) is 1.54. The number of allylic oxidation sites excluding steroid dienone is 1. The summed E-state index contributed by atoms with van der Waals surface area (Å²) in [5.41, 5.74) is 1.58. The SMILES string of the molecule is N#C/C(=C/c1cc(Cl)ccc1OCC(=O)Nc1ccccc1Cl)c1ccc([N+](=O)[O-])cc1. The van der Waals surface area contributed by atoms with E-state index >= 15 is 0 Å². The molecule has 1 N–H and O–H groups in total. The third kappa shape index (κ3) is 5.85. The van der Waals surface area contributed by atoms with E-state index in [-0.39, 0.29) is 17.9 Å². The topological polar surface area (TPSA) is 105 Å². The number of hydrogen-bond acceptors (Lipinski definition) is 5. The molecule has 0 aliphatic heterocycles. The predicted molar refractivity (Wildman–Crippen MR) is 124 cm³/mol. The fourth-order valence-electron chi connectivity index (χ4n) is 2.75. The summed E-state index contributed by atoms with van der Waals surface area (Å²) in [7, 11) is 0. The quantitative estimate of drug-likeness (QED) is 0.199. The van der Waals surface area contributed by atoms with Crippen molar-refractivity contribution in [2.45, 2.75) is 0 Å². The molecule has 0 bridgehead atoms. The van der Waals surface area contributed by atoms with Crippen molar-refractivity contribution in [3.63, 3.8) is 0 Å². The van der Waals surface area contributed by atoms with Gasteiger partial charge in [-0.25, -0.2) is 0 Å². The molecule has 0 fully saturated rings. The Labute approximate surface area is 193 Å². The largest absolute Gasteiger partial charge is 0.483 e. The Kier molecular flexibility index (Phi) is 7.45. The molecular formula is C23H15Cl2N3O4. The average Bonchev–Trinajstić information content (AvgIpc) is 2.78. The molecular weight excluding hydrogens is 453 g/mol. The van der Waals surface area contributed by atoms with Gasteiger partial charge in [-0.05, 0) is 54.1 Å². The van der Waals surface area contributed by atoms with Crippen molar-refractivity contribution >= 4 is 52.1 Å².